The van der Waals surface area contributed by atoms with E-state index in [1.54, 1.807) is 24.3 Å². The Labute approximate surface area is 131 Å². The molecule has 3 aromatic rings. The van der Waals surface area contributed by atoms with Crippen molar-refractivity contribution in [2.24, 2.45) is 0 Å². The van der Waals surface area contributed by atoms with Crippen molar-refractivity contribution in [3.05, 3.63) is 52.3 Å². The van der Waals surface area contributed by atoms with E-state index in [0.717, 1.165) is 11.4 Å². The van der Waals surface area contributed by atoms with E-state index in [4.69, 9.17) is 4.42 Å². The van der Waals surface area contributed by atoms with Crippen LogP contribution in [0.25, 0.3) is 11.1 Å². The molecule has 0 aliphatic rings. The molecule has 1 aromatic carbocycles. The number of rotatable bonds is 4. The molecule has 0 spiro atoms. The Hall–Kier alpha value is -3.16. The molecule has 2 aromatic heterocycles. The Morgan fingerprint density at radius 3 is 2.65 bits per heavy atom. The molecule has 118 valence electrons. The average molecular weight is 313 g/mol. The summed E-state index contributed by atoms with van der Waals surface area (Å²) >= 11 is 0. The lowest BCUT2D eigenvalue weighted by Gasteiger charge is -2.08. The molecule has 23 heavy (non-hydrogen) atoms. The van der Waals surface area contributed by atoms with Gasteiger partial charge in [0.1, 0.15) is 6.54 Å². The molecular formula is C15H15N5O3. The fraction of sp³-hybridized carbons (Fsp3) is 0.200. The van der Waals surface area contributed by atoms with E-state index >= 15 is 0 Å². The molecule has 0 aliphatic heterocycles. The number of oxazole rings is 1. The minimum Gasteiger partial charge on any atom is -0.408 e. The zero-order chi connectivity index (χ0) is 16.4. The monoisotopic (exact) mass is 313 g/mol. The Bertz CT molecular complexity index is 908. The van der Waals surface area contributed by atoms with E-state index in [9.17, 15) is 9.59 Å². The fourth-order valence-electron chi connectivity index (χ4n) is 2.25. The molecule has 0 fully saturated rings. The molecule has 0 atom stereocenters. The van der Waals surface area contributed by atoms with Crippen molar-refractivity contribution in [1.29, 1.82) is 0 Å². The summed E-state index contributed by atoms with van der Waals surface area (Å²) in [7, 11) is 0. The number of carbonyl (C=O) groups is 1. The summed E-state index contributed by atoms with van der Waals surface area (Å²) in [6.07, 6.45) is 0. The maximum absolute atomic E-state index is 12.0. The molecule has 0 bridgehead atoms. The van der Waals surface area contributed by atoms with Crippen LogP contribution in [0, 0.1) is 13.8 Å². The molecule has 2 heterocycles. The van der Waals surface area contributed by atoms with Gasteiger partial charge < -0.3 is 4.42 Å². The Balaban J connectivity index is 1.71. The average Bonchev–Trinajstić information content (AvgIpc) is 2.80. The van der Waals surface area contributed by atoms with Gasteiger partial charge in [-0.2, -0.15) is 0 Å². The summed E-state index contributed by atoms with van der Waals surface area (Å²) in [5.41, 5.74) is 7.68. The van der Waals surface area contributed by atoms with E-state index in [1.807, 2.05) is 19.9 Å². The second kappa shape index (κ2) is 5.91. The van der Waals surface area contributed by atoms with Crippen LogP contribution in [-0.4, -0.2) is 20.4 Å². The van der Waals surface area contributed by atoms with Gasteiger partial charge in [0.25, 0.3) is 5.91 Å². The number of aromatic nitrogens is 3. The number of amides is 1. The van der Waals surface area contributed by atoms with E-state index in [-0.39, 0.29) is 6.54 Å². The largest absolute Gasteiger partial charge is 0.420 e. The third-order valence-corrected chi connectivity index (χ3v) is 3.17. The number of carbonyl (C=O) groups excluding carboxylic acids is 1. The lowest BCUT2D eigenvalue weighted by atomic mass is 10.3. The summed E-state index contributed by atoms with van der Waals surface area (Å²) in [6, 6.07) is 8.74. The van der Waals surface area contributed by atoms with E-state index < -0.39 is 11.7 Å². The molecular weight excluding hydrogens is 298 g/mol. The summed E-state index contributed by atoms with van der Waals surface area (Å²) in [5, 5.41) is 0. The fourth-order valence-corrected chi connectivity index (χ4v) is 2.25. The van der Waals surface area contributed by atoms with Gasteiger partial charge in [0.15, 0.2) is 5.58 Å². The Morgan fingerprint density at radius 2 is 1.91 bits per heavy atom. The topological polar surface area (TPSA) is 102 Å². The molecule has 1 amide bonds. The van der Waals surface area contributed by atoms with Crippen molar-refractivity contribution >= 4 is 23.0 Å². The number of para-hydroxylation sites is 2. The Morgan fingerprint density at radius 1 is 1.22 bits per heavy atom. The SMILES string of the molecule is Cc1cc(C)nc(NNC(=O)Cn2c(=O)oc3ccccc32)n1. The van der Waals surface area contributed by atoms with Crippen molar-refractivity contribution in [3.8, 4) is 0 Å². The number of hydrogen-bond donors (Lipinski definition) is 2. The van der Waals surface area contributed by atoms with Gasteiger partial charge >= 0.3 is 5.76 Å². The quantitative estimate of drug-likeness (QED) is 0.700. The number of hydrazine groups is 1. The molecule has 3 rings (SSSR count). The maximum Gasteiger partial charge on any atom is 0.420 e. The first kappa shape index (κ1) is 14.8. The first-order chi connectivity index (χ1) is 11.0. The number of anilines is 1. The van der Waals surface area contributed by atoms with Gasteiger partial charge in [-0.25, -0.2) is 14.8 Å². The van der Waals surface area contributed by atoms with Gasteiger partial charge in [-0.1, -0.05) is 12.1 Å². The van der Waals surface area contributed by atoms with Crippen LogP contribution in [0.1, 0.15) is 11.4 Å². The lowest BCUT2D eigenvalue weighted by Crippen LogP contribution is -2.35. The zero-order valence-corrected chi connectivity index (χ0v) is 12.7. The predicted molar refractivity (Wildman–Crippen MR) is 83.7 cm³/mol. The third-order valence-electron chi connectivity index (χ3n) is 3.17. The molecule has 0 aliphatic carbocycles. The molecule has 2 N–H and O–H groups in total. The lowest BCUT2D eigenvalue weighted by molar-refractivity contribution is -0.121. The minimum atomic E-state index is -0.580. The third kappa shape index (κ3) is 3.20. The number of benzene rings is 1. The van der Waals surface area contributed by atoms with Gasteiger partial charge in [-0.05, 0) is 32.0 Å². The van der Waals surface area contributed by atoms with Gasteiger partial charge in [0.05, 0.1) is 5.52 Å². The number of hydrogen-bond acceptors (Lipinski definition) is 6. The highest BCUT2D eigenvalue weighted by Gasteiger charge is 2.12. The zero-order valence-electron chi connectivity index (χ0n) is 12.7. The standard InChI is InChI=1S/C15H15N5O3/c1-9-7-10(2)17-14(16-9)19-18-13(21)8-20-11-5-3-4-6-12(11)23-15(20)22/h3-7H,8H2,1-2H3,(H,18,21)(H,16,17,19). The van der Waals surface area contributed by atoms with Crippen molar-refractivity contribution in [2.75, 3.05) is 5.43 Å². The van der Waals surface area contributed by atoms with Gasteiger partial charge in [0, 0.05) is 11.4 Å². The number of fused-ring (bicyclic) bond motifs is 1. The van der Waals surface area contributed by atoms with Gasteiger partial charge in [-0.15, -0.1) is 0 Å². The minimum absolute atomic E-state index is 0.173. The summed E-state index contributed by atoms with van der Waals surface area (Å²) in [5.74, 6) is -0.703. The molecule has 0 radical (unpaired) electrons. The molecule has 0 saturated heterocycles. The molecule has 0 unspecified atom stereocenters. The van der Waals surface area contributed by atoms with Gasteiger partial charge in [0.2, 0.25) is 5.95 Å². The van der Waals surface area contributed by atoms with Crippen LogP contribution in [0.3, 0.4) is 0 Å². The number of aryl methyl sites for hydroxylation is 2. The van der Waals surface area contributed by atoms with Crippen molar-refractivity contribution in [2.45, 2.75) is 20.4 Å². The maximum atomic E-state index is 12.0. The van der Waals surface area contributed by atoms with Crippen LogP contribution < -0.4 is 16.6 Å². The Kier molecular flexibility index (Phi) is 3.80. The highest BCUT2D eigenvalue weighted by atomic mass is 16.4. The van der Waals surface area contributed by atoms with Crippen LogP contribution in [0.2, 0.25) is 0 Å². The summed E-state index contributed by atoms with van der Waals surface area (Å²) in [6.45, 7) is 3.49. The van der Waals surface area contributed by atoms with Crippen molar-refractivity contribution in [3.63, 3.8) is 0 Å². The van der Waals surface area contributed by atoms with Crippen LogP contribution in [0.5, 0.6) is 0 Å². The van der Waals surface area contributed by atoms with E-state index in [0.29, 0.717) is 17.0 Å². The predicted octanol–water partition coefficient (Wildman–Crippen LogP) is 1.14. The normalized spacial score (nSPS) is 10.7. The highest BCUT2D eigenvalue weighted by molar-refractivity contribution is 5.80. The van der Waals surface area contributed by atoms with E-state index in [2.05, 4.69) is 20.8 Å². The molecule has 8 nitrogen and oxygen atoms in total. The van der Waals surface area contributed by atoms with Crippen LogP contribution in [-0.2, 0) is 11.3 Å². The first-order valence-electron chi connectivity index (χ1n) is 6.98. The van der Waals surface area contributed by atoms with E-state index in [1.165, 1.54) is 4.57 Å². The van der Waals surface area contributed by atoms with Crippen molar-refractivity contribution in [1.82, 2.24) is 20.0 Å². The summed E-state index contributed by atoms with van der Waals surface area (Å²) < 4.78 is 6.34. The smallest absolute Gasteiger partial charge is 0.408 e. The second-order valence-electron chi connectivity index (χ2n) is 5.07. The number of nitrogens with zero attached hydrogens (tertiary/aromatic N) is 3. The molecule has 8 heteroatoms. The summed E-state index contributed by atoms with van der Waals surface area (Å²) in [4.78, 5) is 32.1. The van der Waals surface area contributed by atoms with Crippen molar-refractivity contribution < 1.29 is 9.21 Å². The van der Waals surface area contributed by atoms with Crippen LogP contribution in [0.4, 0.5) is 5.95 Å². The highest BCUT2D eigenvalue weighted by Crippen LogP contribution is 2.11. The second-order valence-corrected chi connectivity index (χ2v) is 5.07. The molecule has 0 saturated carbocycles. The van der Waals surface area contributed by atoms with Crippen LogP contribution in [0.15, 0.2) is 39.5 Å². The van der Waals surface area contributed by atoms with Crippen LogP contribution >= 0.6 is 0 Å². The first-order valence-corrected chi connectivity index (χ1v) is 6.98. The number of nitrogens with one attached hydrogen (secondary N) is 2. The van der Waals surface area contributed by atoms with Gasteiger partial charge in [-0.3, -0.25) is 20.2 Å².